The summed E-state index contributed by atoms with van der Waals surface area (Å²) >= 11 is 9.32. The lowest BCUT2D eigenvalue weighted by Gasteiger charge is -2.26. The highest BCUT2D eigenvalue weighted by Crippen LogP contribution is 2.23. The molecular weight excluding hydrogens is 334 g/mol. The van der Waals surface area contributed by atoms with Gasteiger partial charge in [0.15, 0.2) is 0 Å². The number of hydrogen-bond donors (Lipinski definition) is 0. The number of halogens is 2. The molecule has 0 heterocycles. The molecule has 0 saturated heterocycles. The highest BCUT2D eigenvalue weighted by Gasteiger charge is 2.23. The van der Waals surface area contributed by atoms with Crippen LogP contribution >= 0.6 is 27.5 Å². The summed E-state index contributed by atoms with van der Waals surface area (Å²) in [6.45, 7) is 3.55. The van der Waals surface area contributed by atoms with Gasteiger partial charge in [-0.05, 0) is 32.0 Å². The quantitative estimate of drug-likeness (QED) is 0.785. The molecule has 1 amide bonds. The van der Waals surface area contributed by atoms with Crippen LogP contribution in [0.15, 0.2) is 22.7 Å². The van der Waals surface area contributed by atoms with Gasteiger partial charge in [-0.25, -0.2) is 0 Å². The second-order valence-electron chi connectivity index (χ2n) is 4.23. The number of nitrogens with zero attached hydrogens (tertiary/aromatic N) is 1. The monoisotopic (exact) mass is 347 g/mol. The normalized spacial score (nSPS) is 10.4. The Hall–Kier alpha value is -1.07. The lowest BCUT2D eigenvalue weighted by atomic mass is 10.1. The average molecular weight is 349 g/mol. The average Bonchev–Trinajstić information content (AvgIpc) is 2.37. The van der Waals surface area contributed by atoms with Crippen molar-refractivity contribution >= 4 is 39.4 Å². The number of hydrogen-bond acceptors (Lipinski definition) is 3. The van der Waals surface area contributed by atoms with Gasteiger partial charge in [0.25, 0.3) is 5.91 Å². The minimum Gasteiger partial charge on any atom is -0.468 e. The first kappa shape index (κ1) is 16.0. The Labute approximate surface area is 125 Å². The summed E-state index contributed by atoms with van der Waals surface area (Å²) in [6.07, 6.45) is 0. The Balaban J connectivity index is 3.05. The molecular formula is C13H15BrClNO3. The van der Waals surface area contributed by atoms with Crippen molar-refractivity contribution in [2.24, 2.45) is 0 Å². The number of carbonyl (C=O) groups is 2. The molecule has 0 aliphatic rings. The van der Waals surface area contributed by atoms with Gasteiger partial charge in [-0.1, -0.05) is 27.5 Å². The molecule has 0 bridgehead atoms. The molecule has 0 saturated carbocycles. The molecule has 0 unspecified atom stereocenters. The highest BCUT2D eigenvalue weighted by molar-refractivity contribution is 9.10. The second kappa shape index (κ2) is 6.91. The van der Waals surface area contributed by atoms with E-state index in [-0.39, 0.29) is 18.5 Å². The Morgan fingerprint density at radius 3 is 2.58 bits per heavy atom. The van der Waals surface area contributed by atoms with Crippen LogP contribution in [0.2, 0.25) is 5.02 Å². The molecule has 0 fully saturated rings. The smallest absolute Gasteiger partial charge is 0.325 e. The Morgan fingerprint density at radius 1 is 1.42 bits per heavy atom. The first-order chi connectivity index (χ1) is 8.86. The molecule has 0 spiro atoms. The molecule has 1 aromatic carbocycles. The van der Waals surface area contributed by atoms with E-state index < -0.39 is 5.97 Å². The highest BCUT2D eigenvalue weighted by atomic mass is 79.9. The molecule has 19 heavy (non-hydrogen) atoms. The standard InChI is InChI=1S/C13H15BrClNO3/c1-8(2)16(7-12(17)19-3)13(18)10-6-9(14)4-5-11(10)15/h4-6,8H,7H2,1-3H3. The van der Waals surface area contributed by atoms with Gasteiger partial charge < -0.3 is 9.64 Å². The van der Waals surface area contributed by atoms with Crippen LogP contribution < -0.4 is 0 Å². The number of methoxy groups -OCH3 is 1. The van der Waals surface area contributed by atoms with Crippen LogP contribution in [-0.4, -0.2) is 36.5 Å². The van der Waals surface area contributed by atoms with E-state index in [2.05, 4.69) is 20.7 Å². The molecule has 0 radical (unpaired) electrons. The molecule has 1 aromatic rings. The molecule has 0 aliphatic heterocycles. The van der Waals surface area contributed by atoms with Gasteiger partial charge in [-0.15, -0.1) is 0 Å². The molecule has 1 rings (SSSR count). The third-order valence-corrected chi connectivity index (χ3v) is 3.39. The van der Waals surface area contributed by atoms with Crippen LogP contribution in [0.3, 0.4) is 0 Å². The molecule has 4 nitrogen and oxygen atoms in total. The molecule has 0 atom stereocenters. The van der Waals surface area contributed by atoms with Crippen LogP contribution in [0, 0.1) is 0 Å². The number of rotatable bonds is 4. The summed E-state index contributed by atoms with van der Waals surface area (Å²) in [5.74, 6) is -0.764. The zero-order valence-corrected chi connectivity index (χ0v) is 13.3. The van der Waals surface area contributed by atoms with Gasteiger partial charge in [0.2, 0.25) is 0 Å². The maximum atomic E-state index is 12.4. The number of benzene rings is 1. The van der Waals surface area contributed by atoms with Crippen molar-refractivity contribution in [3.05, 3.63) is 33.3 Å². The Kier molecular flexibility index (Phi) is 5.82. The van der Waals surface area contributed by atoms with Crippen molar-refractivity contribution in [3.8, 4) is 0 Å². The summed E-state index contributed by atoms with van der Waals surface area (Å²) < 4.78 is 5.35. The largest absolute Gasteiger partial charge is 0.468 e. The molecule has 104 valence electrons. The molecule has 0 aromatic heterocycles. The van der Waals surface area contributed by atoms with Crippen molar-refractivity contribution in [1.29, 1.82) is 0 Å². The minimum atomic E-state index is -0.465. The SMILES string of the molecule is COC(=O)CN(C(=O)c1cc(Br)ccc1Cl)C(C)C. The van der Waals surface area contributed by atoms with E-state index in [4.69, 9.17) is 11.6 Å². The van der Waals surface area contributed by atoms with Gasteiger partial charge in [-0.2, -0.15) is 0 Å². The van der Waals surface area contributed by atoms with Gasteiger partial charge in [0, 0.05) is 10.5 Å². The molecule has 6 heteroatoms. The zero-order chi connectivity index (χ0) is 14.6. The van der Waals surface area contributed by atoms with Crippen LogP contribution in [0.25, 0.3) is 0 Å². The summed E-state index contributed by atoms with van der Waals surface area (Å²) in [5.41, 5.74) is 0.355. The zero-order valence-electron chi connectivity index (χ0n) is 10.9. The van der Waals surface area contributed by atoms with Crippen molar-refractivity contribution in [1.82, 2.24) is 4.90 Å². The minimum absolute atomic E-state index is 0.101. The van der Waals surface area contributed by atoms with E-state index in [0.29, 0.717) is 10.6 Å². The van der Waals surface area contributed by atoms with Crippen molar-refractivity contribution in [3.63, 3.8) is 0 Å². The third kappa shape index (κ3) is 4.21. The van der Waals surface area contributed by atoms with Crippen LogP contribution in [0.4, 0.5) is 0 Å². The second-order valence-corrected chi connectivity index (χ2v) is 5.55. The van der Waals surface area contributed by atoms with E-state index in [1.807, 2.05) is 13.8 Å². The van der Waals surface area contributed by atoms with E-state index in [9.17, 15) is 9.59 Å². The fraction of sp³-hybridized carbons (Fsp3) is 0.385. The van der Waals surface area contributed by atoms with Crippen molar-refractivity contribution in [2.45, 2.75) is 19.9 Å². The predicted octanol–water partition coefficient (Wildman–Crippen LogP) is 3.13. The van der Waals surface area contributed by atoms with Gasteiger partial charge in [0.05, 0.1) is 17.7 Å². The predicted molar refractivity (Wildman–Crippen MR) is 77.3 cm³/mol. The van der Waals surface area contributed by atoms with E-state index in [1.165, 1.54) is 12.0 Å². The Bertz CT molecular complexity index is 491. The van der Waals surface area contributed by atoms with Crippen LogP contribution in [-0.2, 0) is 9.53 Å². The molecule has 0 aliphatic carbocycles. The van der Waals surface area contributed by atoms with Crippen molar-refractivity contribution < 1.29 is 14.3 Å². The number of carbonyl (C=O) groups excluding carboxylic acids is 2. The maximum absolute atomic E-state index is 12.4. The first-order valence-electron chi connectivity index (χ1n) is 5.69. The fourth-order valence-corrected chi connectivity index (χ4v) is 2.07. The molecule has 0 N–H and O–H groups in total. The van der Waals surface area contributed by atoms with Gasteiger partial charge >= 0.3 is 5.97 Å². The van der Waals surface area contributed by atoms with Crippen molar-refractivity contribution in [2.75, 3.05) is 13.7 Å². The number of amides is 1. The summed E-state index contributed by atoms with van der Waals surface area (Å²) in [7, 11) is 1.29. The van der Waals surface area contributed by atoms with Crippen LogP contribution in [0.5, 0.6) is 0 Å². The van der Waals surface area contributed by atoms with E-state index in [1.54, 1.807) is 18.2 Å². The Morgan fingerprint density at radius 2 is 2.05 bits per heavy atom. The number of esters is 1. The topological polar surface area (TPSA) is 46.6 Å². The van der Waals surface area contributed by atoms with Gasteiger partial charge in [-0.3, -0.25) is 9.59 Å². The summed E-state index contributed by atoms with van der Waals surface area (Å²) in [4.78, 5) is 25.2. The van der Waals surface area contributed by atoms with E-state index in [0.717, 1.165) is 4.47 Å². The maximum Gasteiger partial charge on any atom is 0.325 e. The summed E-state index contributed by atoms with van der Waals surface area (Å²) in [5, 5.41) is 0.351. The third-order valence-electron chi connectivity index (χ3n) is 2.57. The first-order valence-corrected chi connectivity index (χ1v) is 6.86. The van der Waals surface area contributed by atoms with E-state index >= 15 is 0 Å². The fourth-order valence-electron chi connectivity index (χ4n) is 1.51. The van der Waals surface area contributed by atoms with Gasteiger partial charge in [0.1, 0.15) is 6.54 Å². The number of ether oxygens (including phenoxy) is 1. The lowest BCUT2D eigenvalue weighted by molar-refractivity contribution is -0.141. The lowest BCUT2D eigenvalue weighted by Crippen LogP contribution is -2.41. The van der Waals surface area contributed by atoms with Crippen LogP contribution in [0.1, 0.15) is 24.2 Å². The summed E-state index contributed by atoms with van der Waals surface area (Å²) in [6, 6.07) is 4.88.